The zero-order valence-electron chi connectivity index (χ0n) is 15.2. The van der Waals surface area contributed by atoms with Crippen LogP contribution in [0.15, 0.2) is 12.3 Å². The van der Waals surface area contributed by atoms with Crippen molar-refractivity contribution in [3.05, 3.63) is 23.0 Å². The van der Waals surface area contributed by atoms with Crippen LogP contribution in [0.4, 0.5) is 4.39 Å². The standard InChI is InChI=1S/C11H15FN3O13P3S/c12-6-1-4-2-15(11(32)14-9(4)13-6)10-8(17)7(16)5(26-10)3-25-30(21,22)28-31(23,24)27-29(18,19)20/h1-2,5,7-8,10,16-17H,3H2,(H,21,22)(H,23,24)(H,13,14,32)(H2,18,19,20)/t5-,7?,8+,10-/m1/s1. The van der Waals surface area contributed by atoms with Crippen molar-refractivity contribution in [2.24, 2.45) is 0 Å². The molecule has 0 aliphatic carbocycles. The molecule has 0 bridgehead atoms. The number of fused-ring (bicyclic) bond motifs is 1. The number of phosphoric ester groups is 1. The smallest absolute Gasteiger partial charge is 0.387 e. The van der Waals surface area contributed by atoms with E-state index in [1.165, 1.54) is 6.20 Å². The van der Waals surface area contributed by atoms with Crippen molar-refractivity contribution in [2.75, 3.05) is 6.61 Å². The van der Waals surface area contributed by atoms with E-state index in [2.05, 4.69) is 23.1 Å². The second kappa shape index (κ2) is 9.02. The van der Waals surface area contributed by atoms with E-state index in [4.69, 9.17) is 31.6 Å². The van der Waals surface area contributed by atoms with E-state index in [0.717, 1.165) is 10.6 Å². The molecule has 21 heteroatoms. The Morgan fingerprint density at radius 2 is 1.81 bits per heavy atom. The molecule has 0 radical (unpaired) electrons. The number of aromatic amines is 1. The molecule has 0 amide bonds. The summed E-state index contributed by atoms with van der Waals surface area (Å²) in [5.74, 6) is -0.707. The van der Waals surface area contributed by atoms with Crippen LogP contribution in [0.25, 0.3) is 11.0 Å². The van der Waals surface area contributed by atoms with Crippen LogP contribution in [0.2, 0.25) is 0 Å². The lowest BCUT2D eigenvalue weighted by Gasteiger charge is -2.19. The molecule has 0 saturated carbocycles. The van der Waals surface area contributed by atoms with Crippen LogP contribution < -0.4 is 0 Å². The Morgan fingerprint density at radius 3 is 2.44 bits per heavy atom. The number of phosphoric acid groups is 3. The normalized spacial score (nSPS) is 28.0. The Balaban J connectivity index is 1.71. The van der Waals surface area contributed by atoms with Gasteiger partial charge in [-0.15, -0.1) is 0 Å². The van der Waals surface area contributed by atoms with Gasteiger partial charge in [-0.1, -0.05) is 0 Å². The Morgan fingerprint density at radius 1 is 1.16 bits per heavy atom. The maximum absolute atomic E-state index is 13.4. The first-order chi connectivity index (χ1) is 14.6. The molecule has 2 aromatic rings. The number of aliphatic hydroxyl groups excluding tert-OH is 2. The summed E-state index contributed by atoms with van der Waals surface area (Å²) in [7, 11) is -16.8. The van der Waals surface area contributed by atoms with E-state index in [1.807, 2.05) is 0 Å². The lowest BCUT2D eigenvalue weighted by molar-refractivity contribution is -0.0530. The van der Waals surface area contributed by atoms with Gasteiger partial charge in [0.2, 0.25) is 4.77 Å². The molecule has 1 aliphatic rings. The molecule has 3 heterocycles. The van der Waals surface area contributed by atoms with Gasteiger partial charge in [0.05, 0.1) is 6.61 Å². The predicted octanol–water partition coefficient (Wildman–Crippen LogP) is 0.195. The quantitative estimate of drug-likeness (QED) is 0.174. The minimum atomic E-state index is -5.73. The van der Waals surface area contributed by atoms with Gasteiger partial charge < -0.3 is 39.5 Å². The number of rotatable bonds is 8. The molecule has 7 N–H and O–H groups in total. The third-order valence-electron chi connectivity index (χ3n) is 3.93. The van der Waals surface area contributed by atoms with Crippen LogP contribution >= 0.6 is 35.7 Å². The Hall–Kier alpha value is -0.940. The van der Waals surface area contributed by atoms with Gasteiger partial charge in [-0.3, -0.25) is 9.09 Å². The molecule has 0 aromatic carbocycles. The number of hydrogen-bond donors (Lipinski definition) is 7. The Labute approximate surface area is 181 Å². The highest BCUT2D eigenvalue weighted by atomic mass is 32.1. The summed E-state index contributed by atoms with van der Waals surface area (Å²) >= 11 is 5.05. The monoisotopic (exact) mass is 541 g/mol. The summed E-state index contributed by atoms with van der Waals surface area (Å²) in [5, 5.41) is 20.7. The fraction of sp³-hybridized carbons (Fsp3) is 0.455. The number of aromatic nitrogens is 3. The molecule has 3 unspecified atom stereocenters. The fourth-order valence-corrected chi connectivity index (χ4v) is 6.00. The van der Waals surface area contributed by atoms with Crippen LogP contribution in [0.3, 0.4) is 0 Å². The van der Waals surface area contributed by atoms with Gasteiger partial charge in [-0.05, 0) is 12.2 Å². The second-order valence-corrected chi connectivity index (χ2v) is 11.1. The van der Waals surface area contributed by atoms with Gasteiger partial charge in [0.15, 0.2) is 12.2 Å². The number of nitrogens with zero attached hydrogens (tertiary/aromatic N) is 2. The Bertz CT molecular complexity index is 1210. The zero-order chi connectivity index (χ0) is 24.1. The minimum absolute atomic E-state index is 0.112. The van der Waals surface area contributed by atoms with Gasteiger partial charge in [0.1, 0.15) is 24.0 Å². The van der Waals surface area contributed by atoms with Crippen molar-refractivity contribution in [3.8, 4) is 0 Å². The lowest BCUT2D eigenvalue weighted by atomic mass is 10.1. The van der Waals surface area contributed by atoms with E-state index in [0.29, 0.717) is 0 Å². The first-order valence-electron chi connectivity index (χ1n) is 8.14. The third-order valence-corrected chi connectivity index (χ3v) is 8.03. The summed E-state index contributed by atoms with van der Waals surface area (Å²) in [6.07, 6.45) is -5.02. The summed E-state index contributed by atoms with van der Waals surface area (Å²) in [5.41, 5.74) is 0.112. The SMILES string of the molecule is O=P(O)(O)OP(=O)(O)OP(=O)(O)OC[C@H]1O[C@@H](n2cc3cc(F)[nH]c3nc2=S)[C@@H](O)C1O. The molecule has 1 saturated heterocycles. The van der Waals surface area contributed by atoms with E-state index in [-0.39, 0.29) is 15.8 Å². The third kappa shape index (κ3) is 6.14. The largest absolute Gasteiger partial charge is 0.490 e. The molecule has 32 heavy (non-hydrogen) atoms. The second-order valence-electron chi connectivity index (χ2n) is 6.29. The number of nitrogens with one attached hydrogen (secondary N) is 1. The van der Waals surface area contributed by atoms with Crippen LogP contribution in [-0.4, -0.2) is 69.2 Å². The lowest BCUT2D eigenvalue weighted by Crippen LogP contribution is -2.33. The number of H-pyrrole nitrogens is 1. The van der Waals surface area contributed by atoms with Crippen LogP contribution in [-0.2, 0) is 31.6 Å². The maximum atomic E-state index is 13.4. The highest BCUT2D eigenvalue weighted by Gasteiger charge is 2.46. The van der Waals surface area contributed by atoms with Gasteiger partial charge in [0, 0.05) is 17.6 Å². The maximum Gasteiger partial charge on any atom is 0.490 e. The summed E-state index contributed by atoms with van der Waals surface area (Å²) in [4.78, 5) is 41.8. The first-order valence-corrected chi connectivity index (χ1v) is 13.1. The van der Waals surface area contributed by atoms with Crippen LogP contribution in [0.1, 0.15) is 6.23 Å². The number of ether oxygens (including phenoxy) is 1. The molecule has 0 spiro atoms. The molecular weight excluding hydrogens is 526 g/mol. The van der Waals surface area contributed by atoms with Crippen LogP contribution in [0.5, 0.6) is 0 Å². The number of hydrogen-bond acceptors (Lipinski definition) is 11. The van der Waals surface area contributed by atoms with E-state index >= 15 is 0 Å². The number of aliphatic hydroxyl groups is 2. The summed E-state index contributed by atoms with van der Waals surface area (Å²) < 4.78 is 64.9. The molecule has 1 fully saturated rings. The van der Waals surface area contributed by atoms with Crippen molar-refractivity contribution < 1.29 is 65.8 Å². The van der Waals surface area contributed by atoms with E-state index in [9.17, 15) is 33.2 Å². The average Bonchev–Trinajstić information content (AvgIpc) is 3.08. The topological polar surface area (TPSA) is 243 Å². The molecule has 1 aliphatic heterocycles. The van der Waals surface area contributed by atoms with Crippen molar-refractivity contribution in [2.45, 2.75) is 24.5 Å². The van der Waals surface area contributed by atoms with E-state index < -0.39 is 60.6 Å². The molecule has 180 valence electrons. The first kappa shape index (κ1) is 25.7. The summed E-state index contributed by atoms with van der Waals surface area (Å²) in [6, 6.07) is 1.08. The van der Waals surface area contributed by atoms with Crippen molar-refractivity contribution in [1.29, 1.82) is 0 Å². The average molecular weight is 541 g/mol. The summed E-state index contributed by atoms with van der Waals surface area (Å²) in [6.45, 7) is -1.000. The van der Waals surface area contributed by atoms with Crippen molar-refractivity contribution in [3.63, 3.8) is 0 Å². The highest BCUT2D eigenvalue weighted by Crippen LogP contribution is 2.66. The molecule has 3 rings (SSSR count). The molecule has 2 aromatic heterocycles. The van der Waals surface area contributed by atoms with Gasteiger partial charge >= 0.3 is 23.5 Å². The molecular formula is C11H15FN3O13P3S. The van der Waals surface area contributed by atoms with Gasteiger partial charge in [-0.25, -0.2) is 18.7 Å². The molecule has 16 nitrogen and oxygen atoms in total. The van der Waals surface area contributed by atoms with Crippen molar-refractivity contribution >= 4 is 46.7 Å². The molecule has 6 atom stereocenters. The predicted molar refractivity (Wildman–Crippen MR) is 101 cm³/mol. The van der Waals surface area contributed by atoms with E-state index in [1.54, 1.807) is 0 Å². The van der Waals surface area contributed by atoms with Gasteiger partial charge in [-0.2, -0.15) is 13.0 Å². The minimum Gasteiger partial charge on any atom is -0.387 e. The highest BCUT2D eigenvalue weighted by molar-refractivity contribution is 7.71. The van der Waals surface area contributed by atoms with Gasteiger partial charge in [0.25, 0.3) is 0 Å². The number of halogens is 1. The van der Waals surface area contributed by atoms with Crippen LogP contribution in [0, 0.1) is 10.7 Å². The van der Waals surface area contributed by atoms with Crippen molar-refractivity contribution in [1.82, 2.24) is 14.5 Å². The zero-order valence-corrected chi connectivity index (χ0v) is 18.7. The fourth-order valence-electron chi connectivity index (χ4n) is 2.73. The Kier molecular flexibility index (Phi) is 7.24.